The Morgan fingerprint density at radius 2 is 1.81 bits per heavy atom. The van der Waals surface area contributed by atoms with Crippen molar-refractivity contribution in [1.82, 2.24) is 4.90 Å². The highest BCUT2D eigenvalue weighted by Crippen LogP contribution is 2.28. The third-order valence-corrected chi connectivity index (χ3v) is 4.57. The molecule has 1 amide bonds. The first-order chi connectivity index (χ1) is 12.9. The highest BCUT2D eigenvalue weighted by atomic mass is 79.9. The lowest BCUT2D eigenvalue weighted by Gasteiger charge is -2.24. The van der Waals surface area contributed by atoms with E-state index < -0.39 is 11.9 Å². The maximum atomic E-state index is 13.9. The summed E-state index contributed by atoms with van der Waals surface area (Å²) in [6.07, 6.45) is 1.45. The molecule has 0 aliphatic rings. The van der Waals surface area contributed by atoms with Gasteiger partial charge in [-0.2, -0.15) is 0 Å². The maximum Gasteiger partial charge on any atom is 0.263 e. The van der Waals surface area contributed by atoms with Crippen molar-refractivity contribution in [2.24, 2.45) is 0 Å². The number of amides is 1. The van der Waals surface area contributed by atoms with Crippen molar-refractivity contribution in [1.29, 1.82) is 0 Å². The van der Waals surface area contributed by atoms with Gasteiger partial charge in [-0.05, 0) is 62.7 Å². The number of nitrogens with zero attached hydrogens (tertiary/aromatic N) is 1. The minimum atomic E-state index is -0.572. The molecule has 0 saturated heterocycles. The fraction of sp³-hybridized carbons (Fsp3) is 0.381. The number of likely N-dealkylation sites (N-methyl/N-ethyl adjacent to an activating group) is 1. The van der Waals surface area contributed by atoms with Gasteiger partial charge in [-0.1, -0.05) is 29.3 Å². The number of carbonyl (C=O) groups excluding carboxylic acids is 1. The molecule has 1 unspecified atom stereocenters. The third-order valence-electron chi connectivity index (χ3n) is 4.08. The van der Waals surface area contributed by atoms with E-state index in [2.05, 4.69) is 22.9 Å². The molecule has 27 heavy (non-hydrogen) atoms. The second-order valence-electron chi connectivity index (χ2n) is 6.18. The molecule has 146 valence electrons. The zero-order valence-corrected chi connectivity index (χ0v) is 17.5. The van der Waals surface area contributed by atoms with Crippen LogP contribution < -0.4 is 9.47 Å². The second kappa shape index (κ2) is 10.3. The van der Waals surface area contributed by atoms with Crippen LogP contribution in [0.5, 0.6) is 17.2 Å². The summed E-state index contributed by atoms with van der Waals surface area (Å²) < 4.78 is 25.8. The van der Waals surface area contributed by atoms with E-state index in [-0.39, 0.29) is 11.7 Å². The molecule has 2 aromatic carbocycles. The van der Waals surface area contributed by atoms with Crippen LogP contribution >= 0.6 is 15.9 Å². The van der Waals surface area contributed by atoms with Gasteiger partial charge >= 0.3 is 0 Å². The molecule has 4 nitrogen and oxygen atoms in total. The molecule has 0 radical (unpaired) electrons. The van der Waals surface area contributed by atoms with Gasteiger partial charge in [0.15, 0.2) is 17.7 Å². The number of unbranched alkanes of at least 4 members (excludes halogenated alkanes) is 1. The van der Waals surface area contributed by atoms with Crippen LogP contribution in [0.1, 0.15) is 33.6 Å². The van der Waals surface area contributed by atoms with Crippen molar-refractivity contribution in [2.45, 2.75) is 39.7 Å². The number of ether oxygens (including phenoxy) is 2. The van der Waals surface area contributed by atoms with E-state index in [4.69, 9.17) is 9.47 Å². The summed E-state index contributed by atoms with van der Waals surface area (Å²) in [6, 6.07) is 11.4. The lowest BCUT2D eigenvalue weighted by atomic mass is 10.2. The number of halogens is 2. The lowest BCUT2D eigenvalue weighted by molar-refractivity contribution is -0.137. The molecular formula is C21H25BrFNO3. The summed E-state index contributed by atoms with van der Waals surface area (Å²) >= 11 is 3.21. The zero-order chi connectivity index (χ0) is 19.8. The molecule has 0 fully saturated rings. The van der Waals surface area contributed by atoms with Gasteiger partial charge in [0.2, 0.25) is 0 Å². The normalized spacial score (nSPS) is 11.7. The number of carbonyl (C=O) groups is 1. The number of rotatable bonds is 9. The maximum absolute atomic E-state index is 13.9. The average molecular weight is 438 g/mol. The molecule has 0 aliphatic carbocycles. The molecule has 0 saturated carbocycles. The van der Waals surface area contributed by atoms with E-state index in [1.165, 1.54) is 6.07 Å². The predicted octanol–water partition coefficient (Wildman–Crippen LogP) is 5.80. The van der Waals surface area contributed by atoms with Crippen molar-refractivity contribution >= 4 is 21.8 Å². The smallest absolute Gasteiger partial charge is 0.263 e. The molecule has 0 heterocycles. The number of hydrogen-bond donors (Lipinski definition) is 0. The Hall–Kier alpha value is -2.08. The van der Waals surface area contributed by atoms with E-state index in [0.29, 0.717) is 22.5 Å². The van der Waals surface area contributed by atoms with E-state index >= 15 is 0 Å². The van der Waals surface area contributed by atoms with Crippen LogP contribution in [0.15, 0.2) is 46.9 Å². The van der Waals surface area contributed by atoms with Crippen molar-refractivity contribution < 1.29 is 18.7 Å². The van der Waals surface area contributed by atoms with E-state index in [9.17, 15) is 9.18 Å². The molecular weight excluding hydrogens is 413 g/mol. The van der Waals surface area contributed by atoms with Gasteiger partial charge in [0.05, 0.1) is 0 Å². The molecule has 2 rings (SSSR count). The summed E-state index contributed by atoms with van der Waals surface area (Å²) in [4.78, 5) is 14.3. The number of hydrogen-bond acceptors (Lipinski definition) is 3. The van der Waals surface area contributed by atoms with E-state index in [1.807, 2.05) is 11.8 Å². The molecule has 1 atom stereocenters. The highest BCUT2D eigenvalue weighted by molar-refractivity contribution is 9.10. The van der Waals surface area contributed by atoms with Gasteiger partial charge in [-0.15, -0.1) is 0 Å². The minimum absolute atomic E-state index is 0.0248. The van der Waals surface area contributed by atoms with Gasteiger partial charge < -0.3 is 14.4 Å². The average Bonchev–Trinajstić information content (AvgIpc) is 2.66. The number of benzene rings is 2. The topological polar surface area (TPSA) is 38.8 Å². The van der Waals surface area contributed by atoms with Gasteiger partial charge in [0, 0.05) is 17.6 Å². The van der Waals surface area contributed by atoms with Crippen molar-refractivity contribution in [3.63, 3.8) is 0 Å². The Labute approximate surface area is 168 Å². The monoisotopic (exact) mass is 437 g/mol. The first-order valence-corrected chi connectivity index (χ1v) is 9.92. The Balaban J connectivity index is 1.97. The molecule has 0 aromatic heterocycles. The fourth-order valence-electron chi connectivity index (χ4n) is 2.56. The molecule has 0 N–H and O–H groups in total. The lowest BCUT2D eigenvalue weighted by Crippen LogP contribution is -2.40. The summed E-state index contributed by atoms with van der Waals surface area (Å²) in [5.74, 6) is 0.718. The van der Waals surface area contributed by atoms with Crippen LogP contribution in [0.4, 0.5) is 4.39 Å². The standard InChI is InChI=1S/C21H25BrFNO3/c1-4-6-13-24(5-2)21(25)15(3)26-17-8-10-18(11-9-17)27-20-12-7-16(22)14-19(20)23/h7-12,14-15H,4-6,13H2,1-3H3. The van der Waals surface area contributed by atoms with Gasteiger partial charge in [0.1, 0.15) is 11.5 Å². The van der Waals surface area contributed by atoms with Crippen molar-refractivity contribution in [3.05, 3.63) is 52.8 Å². The molecule has 0 spiro atoms. The van der Waals surface area contributed by atoms with Gasteiger partial charge in [0.25, 0.3) is 5.91 Å². The Kier molecular flexibility index (Phi) is 8.10. The summed E-state index contributed by atoms with van der Waals surface area (Å²) in [5, 5.41) is 0. The fourth-order valence-corrected chi connectivity index (χ4v) is 2.89. The first kappa shape index (κ1) is 21.2. The van der Waals surface area contributed by atoms with Crippen LogP contribution in [0.3, 0.4) is 0 Å². The summed E-state index contributed by atoms with van der Waals surface area (Å²) in [6.45, 7) is 7.22. The minimum Gasteiger partial charge on any atom is -0.481 e. The van der Waals surface area contributed by atoms with Crippen molar-refractivity contribution in [2.75, 3.05) is 13.1 Å². The second-order valence-corrected chi connectivity index (χ2v) is 7.10. The van der Waals surface area contributed by atoms with Crippen LogP contribution in [-0.4, -0.2) is 30.0 Å². The first-order valence-electron chi connectivity index (χ1n) is 9.13. The van der Waals surface area contributed by atoms with Crippen LogP contribution in [-0.2, 0) is 4.79 Å². The van der Waals surface area contributed by atoms with Gasteiger partial charge in [-0.3, -0.25) is 4.79 Å². The molecule has 0 bridgehead atoms. The summed E-state index contributed by atoms with van der Waals surface area (Å²) in [5.41, 5.74) is 0. The van der Waals surface area contributed by atoms with E-state index in [0.717, 1.165) is 19.4 Å². The largest absolute Gasteiger partial charge is 0.481 e. The van der Waals surface area contributed by atoms with Crippen LogP contribution in [0.25, 0.3) is 0 Å². The van der Waals surface area contributed by atoms with Crippen LogP contribution in [0.2, 0.25) is 0 Å². The Bertz CT molecular complexity index is 752. The molecule has 0 aliphatic heterocycles. The molecule has 6 heteroatoms. The van der Waals surface area contributed by atoms with E-state index in [1.54, 1.807) is 43.3 Å². The SMILES string of the molecule is CCCCN(CC)C(=O)C(C)Oc1ccc(Oc2ccc(Br)cc2F)cc1. The quantitative estimate of drug-likeness (QED) is 0.497. The Morgan fingerprint density at radius 1 is 1.15 bits per heavy atom. The van der Waals surface area contributed by atoms with Gasteiger partial charge in [-0.25, -0.2) is 4.39 Å². The predicted molar refractivity (Wildman–Crippen MR) is 108 cm³/mol. The Morgan fingerprint density at radius 3 is 2.41 bits per heavy atom. The van der Waals surface area contributed by atoms with Crippen molar-refractivity contribution in [3.8, 4) is 17.2 Å². The summed E-state index contributed by atoms with van der Waals surface area (Å²) in [7, 11) is 0. The van der Waals surface area contributed by atoms with Crippen LogP contribution in [0, 0.1) is 5.82 Å². The third kappa shape index (κ3) is 6.24. The highest BCUT2D eigenvalue weighted by Gasteiger charge is 2.20. The molecule has 2 aromatic rings. The zero-order valence-electron chi connectivity index (χ0n) is 15.9.